The van der Waals surface area contributed by atoms with Gasteiger partial charge in [-0.3, -0.25) is 4.79 Å². The predicted molar refractivity (Wildman–Crippen MR) is 69.7 cm³/mol. The number of esters is 1. The molecule has 0 aliphatic carbocycles. The number of ether oxygens (including phenoxy) is 1. The van der Waals surface area contributed by atoms with Gasteiger partial charge in [-0.15, -0.1) is 4.98 Å². The summed E-state index contributed by atoms with van der Waals surface area (Å²) in [6.45, 7) is 12.3. The Morgan fingerprint density at radius 1 is 1.50 bits per heavy atom. The van der Waals surface area contributed by atoms with Gasteiger partial charge in [0.25, 0.3) is 5.82 Å². The van der Waals surface area contributed by atoms with E-state index in [1.807, 2.05) is 20.8 Å². The third kappa shape index (κ3) is 5.15. The summed E-state index contributed by atoms with van der Waals surface area (Å²) in [6.07, 6.45) is 0.639. The molecule has 0 unspecified atom stereocenters. The third-order valence-corrected chi connectivity index (χ3v) is 2.17. The molecule has 0 fully saturated rings. The molecule has 1 heterocycles. The minimum atomic E-state index is -0.486. The summed E-state index contributed by atoms with van der Waals surface area (Å²) in [5.41, 5.74) is 0.139. The summed E-state index contributed by atoms with van der Waals surface area (Å²) < 4.78 is 5.19. The van der Waals surface area contributed by atoms with Gasteiger partial charge in [0.15, 0.2) is 0 Å². The quantitative estimate of drug-likeness (QED) is 0.621. The maximum atomic E-state index is 11.5. The highest BCUT2D eigenvalue weighted by molar-refractivity contribution is 6.30. The monoisotopic (exact) mass is 266 g/mol. The second kappa shape index (κ2) is 5.83. The third-order valence-electron chi connectivity index (χ3n) is 1.95. The molecule has 0 N–H and O–H groups in total. The molecule has 0 spiro atoms. The Balaban J connectivity index is 2.62. The average Bonchev–Trinajstić information content (AvgIpc) is 2.23. The average molecular weight is 267 g/mol. The molecule has 0 saturated heterocycles. The lowest BCUT2D eigenvalue weighted by molar-refractivity contribution is -0.154. The van der Waals surface area contributed by atoms with Crippen molar-refractivity contribution in [3.8, 4) is 0 Å². The van der Waals surface area contributed by atoms with E-state index in [4.69, 9.17) is 22.9 Å². The highest BCUT2D eigenvalue weighted by Gasteiger charge is 2.17. The number of pyridine rings is 1. The van der Waals surface area contributed by atoms with Gasteiger partial charge >= 0.3 is 5.97 Å². The van der Waals surface area contributed by atoms with E-state index in [1.54, 1.807) is 6.07 Å². The SMILES string of the molecule is [C-]#[N+]c1cc(Cl)cc(CCC(=O)OC(C)(C)C)n1. The smallest absolute Gasteiger partial charge is 0.306 e. The standard InChI is InChI=1S/C13H15ClN2O2/c1-13(2,3)18-12(17)6-5-10-7-9(14)8-11(15-4)16-10/h7-8H,5-6H2,1-3H3. The van der Waals surface area contributed by atoms with Crippen LogP contribution in [0.1, 0.15) is 32.9 Å². The van der Waals surface area contributed by atoms with Gasteiger partial charge in [-0.1, -0.05) is 18.2 Å². The second-order valence-corrected chi connectivity index (χ2v) is 5.27. The van der Waals surface area contributed by atoms with Crippen LogP contribution in [0.15, 0.2) is 12.1 Å². The summed E-state index contributed by atoms with van der Waals surface area (Å²) in [6, 6.07) is 3.14. The zero-order valence-electron chi connectivity index (χ0n) is 10.7. The van der Waals surface area contributed by atoms with Crippen molar-refractivity contribution >= 4 is 23.4 Å². The van der Waals surface area contributed by atoms with Crippen molar-refractivity contribution < 1.29 is 9.53 Å². The number of carbonyl (C=O) groups is 1. The maximum absolute atomic E-state index is 11.5. The number of hydrogen-bond donors (Lipinski definition) is 0. The fourth-order valence-electron chi connectivity index (χ4n) is 1.34. The van der Waals surface area contributed by atoms with Crippen molar-refractivity contribution in [2.45, 2.75) is 39.2 Å². The summed E-state index contributed by atoms with van der Waals surface area (Å²) in [5, 5.41) is 0.454. The molecule has 18 heavy (non-hydrogen) atoms. The Kier molecular flexibility index (Phi) is 4.69. The molecular formula is C13H15ClN2O2. The van der Waals surface area contributed by atoms with Gasteiger partial charge in [0.1, 0.15) is 11.3 Å². The van der Waals surface area contributed by atoms with Crippen molar-refractivity contribution in [1.29, 1.82) is 0 Å². The van der Waals surface area contributed by atoms with E-state index >= 15 is 0 Å². The van der Waals surface area contributed by atoms with Gasteiger partial charge in [-0.2, -0.15) is 0 Å². The molecule has 0 bridgehead atoms. The van der Waals surface area contributed by atoms with Crippen LogP contribution in [0.4, 0.5) is 5.82 Å². The fourth-order valence-corrected chi connectivity index (χ4v) is 1.57. The van der Waals surface area contributed by atoms with E-state index < -0.39 is 5.60 Å². The Morgan fingerprint density at radius 2 is 2.17 bits per heavy atom. The Labute approximate surface area is 112 Å². The lowest BCUT2D eigenvalue weighted by Crippen LogP contribution is -2.24. The van der Waals surface area contributed by atoms with Crippen LogP contribution >= 0.6 is 11.6 Å². The number of halogens is 1. The highest BCUT2D eigenvalue weighted by Crippen LogP contribution is 2.19. The molecule has 4 nitrogen and oxygen atoms in total. The van der Waals surface area contributed by atoms with Crippen LogP contribution in [-0.2, 0) is 16.0 Å². The molecule has 0 amide bonds. The number of aromatic nitrogens is 1. The molecule has 0 radical (unpaired) electrons. The van der Waals surface area contributed by atoms with Gasteiger partial charge in [0.05, 0.1) is 6.42 Å². The van der Waals surface area contributed by atoms with Crippen LogP contribution in [0.5, 0.6) is 0 Å². The normalized spacial score (nSPS) is 10.8. The Morgan fingerprint density at radius 3 is 2.72 bits per heavy atom. The van der Waals surface area contributed by atoms with Gasteiger partial charge in [0, 0.05) is 17.5 Å². The first kappa shape index (κ1) is 14.5. The molecule has 1 aromatic rings. The number of rotatable bonds is 3. The van der Waals surface area contributed by atoms with Gasteiger partial charge < -0.3 is 9.58 Å². The Bertz CT molecular complexity index is 487. The number of carbonyl (C=O) groups excluding carboxylic acids is 1. The van der Waals surface area contributed by atoms with Crippen molar-refractivity contribution in [2.75, 3.05) is 0 Å². The minimum Gasteiger partial charge on any atom is -0.460 e. The number of nitrogens with zero attached hydrogens (tertiary/aromatic N) is 2. The molecule has 0 saturated carbocycles. The molecule has 96 valence electrons. The maximum Gasteiger partial charge on any atom is 0.306 e. The zero-order chi connectivity index (χ0) is 13.8. The van der Waals surface area contributed by atoms with Crippen molar-refractivity contribution in [3.05, 3.63) is 34.3 Å². The molecule has 5 heteroatoms. The van der Waals surface area contributed by atoms with E-state index in [9.17, 15) is 4.79 Å². The lowest BCUT2D eigenvalue weighted by atomic mass is 10.2. The largest absolute Gasteiger partial charge is 0.460 e. The first-order valence-electron chi connectivity index (χ1n) is 5.56. The summed E-state index contributed by atoms with van der Waals surface area (Å²) >= 11 is 5.85. The molecular weight excluding hydrogens is 252 g/mol. The summed E-state index contributed by atoms with van der Waals surface area (Å²) in [7, 11) is 0. The van der Waals surface area contributed by atoms with Crippen LogP contribution in [0.2, 0.25) is 5.02 Å². The van der Waals surface area contributed by atoms with Crippen molar-refractivity contribution in [3.63, 3.8) is 0 Å². The zero-order valence-corrected chi connectivity index (χ0v) is 11.4. The molecule has 0 aliphatic rings. The predicted octanol–water partition coefficient (Wildman–Crippen LogP) is 3.56. The van der Waals surface area contributed by atoms with E-state index in [0.717, 1.165) is 0 Å². The molecule has 1 aromatic heterocycles. The number of aryl methyl sites for hydroxylation is 1. The highest BCUT2D eigenvalue weighted by atomic mass is 35.5. The van der Waals surface area contributed by atoms with E-state index in [2.05, 4.69) is 9.83 Å². The van der Waals surface area contributed by atoms with Crippen molar-refractivity contribution in [2.24, 2.45) is 0 Å². The summed E-state index contributed by atoms with van der Waals surface area (Å²) in [4.78, 5) is 18.8. The lowest BCUT2D eigenvalue weighted by Gasteiger charge is -2.19. The van der Waals surface area contributed by atoms with E-state index in [1.165, 1.54) is 6.07 Å². The van der Waals surface area contributed by atoms with E-state index in [0.29, 0.717) is 17.1 Å². The molecule has 0 aromatic carbocycles. The van der Waals surface area contributed by atoms with Crippen LogP contribution in [-0.4, -0.2) is 16.6 Å². The first-order valence-corrected chi connectivity index (χ1v) is 5.94. The van der Waals surface area contributed by atoms with Crippen molar-refractivity contribution in [1.82, 2.24) is 4.98 Å². The van der Waals surface area contributed by atoms with E-state index in [-0.39, 0.29) is 18.2 Å². The molecule has 0 aliphatic heterocycles. The van der Waals surface area contributed by atoms with Crippen LogP contribution in [0, 0.1) is 6.57 Å². The summed E-state index contributed by atoms with van der Waals surface area (Å²) in [5.74, 6) is -0.0460. The minimum absolute atomic E-state index is 0.224. The van der Waals surface area contributed by atoms with Crippen LogP contribution in [0.25, 0.3) is 4.85 Å². The van der Waals surface area contributed by atoms with Crippen LogP contribution < -0.4 is 0 Å². The fraction of sp³-hybridized carbons (Fsp3) is 0.462. The van der Waals surface area contributed by atoms with Gasteiger partial charge in [0.2, 0.25) is 0 Å². The van der Waals surface area contributed by atoms with Crippen LogP contribution in [0.3, 0.4) is 0 Å². The molecule has 1 rings (SSSR count). The van der Waals surface area contributed by atoms with Gasteiger partial charge in [-0.05, 0) is 26.8 Å². The number of hydrogen-bond acceptors (Lipinski definition) is 3. The topological polar surface area (TPSA) is 43.5 Å². The van der Waals surface area contributed by atoms with Gasteiger partial charge in [-0.25, -0.2) is 0 Å². The Hall–Kier alpha value is -1.60. The molecule has 0 atom stereocenters. The first-order chi connectivity index (χ1) is 8.30. The second-order valence-electron chi connectivity index (χ2n) is 4.83.